The maximum Gasteiger partial charge on any atom is 0.416 e. The summed E-state index contributed by atoms with van der Waals surface area (Å²) in [5.41, 5.74) is 0. The van der Waals surface area contributed by atoms with E-state index in [1.807, 2.05) is 5.32 Å². The molecular weight excluding hydrogens is 270 g/mol. The second-order valence-corrected chi connectivity index (χ2v) is 3.60. The normalized spacial score (nSPS) is 12.9. The SMILES string of the molecule is O=C(COc1ccc(F)cc1)NCC(O)C(F)(F)F. The van der Waals surface area contributed by atoms with Crippen LogP contribution in [0.2, 0.25) is 0 Å². The molecule has 0 saturated heterocycles. The molecule has 0 saturated carbocycles. The minimum absolute atomic E-state index is 0.202. The molecule has 0 aliphatic carbocycles. The molecule has 1 amide bonds. The van der Waals surface area contributed by atoms with E-state index in [4.69, 9.17) is 9.84 Å². The molecule has 0 radical (unpaired) electrons. The Kier molecular flexibility index (Phi) is 5.11. The van der Waals surface area contributed by atoms with Gasteiger partial charge in [0.2, 0.25) is 0 Å². The number of rotatable bonds is 5. The summed E-state index contributed by atoms with van der Waals surface area (Å²) < 4.78 is 53.2. The lowest BCUT2D eigenvalue weighted by Crippen LogP contribution is -2.42. The molecule has 2 N–H and O–H groups in total. The van der Waals surface area contributed by atoms with E-state index in [0.717, 1.165) is 12.1 Å². The number of hydrogen-bond donors (Lipinski definition) is 2. The van der Waals surface area contributed by atoms with Crippen LogP contribution < -0.4 is 10.1 Å². The van der Waals surface area contributed by atoms with Gasteiger partial charge in [0.1, 0.15) is 11.6 Å². The van der Waals surface area contributed by atoms with Crippen molar-refractivity contribution in [1.82, 2.24) is 5.32 Å². The van der Waals surface area contributed by atoms with Gasteiger partial charge in [0.15, 0.2) is 12.7 Å². The molecular formula is C11H11F4NO3. The molecule has 0 aliphatic rings. The van der Waals surface area contributed by atoms with Crippen LogP contribution in [-0.2, 0) is 4.79 Å². The van der Waals surface area contributed by atoms with E-state index < -0.39 is 37.2 Å². The number of amides is 1. The molecule has 0 bridgehead atoms. The number of aliphatic hydroxyl groups excluding tert-OH is 1. The van der Waals surface area contributed by atoms with Crippen molar-refractivity contribution in [2.45, 2.75) is 12.3 Å². The van der Waals surface area contributed by atoms with Gasteiger partial charge in [0.05, 0.1) is 6.54 Å². The lowest BCUT2D eigenvalue weighted by Gasteiger charge is -2.15. The van der Waals surface area contributed by atoms with Crippen LogP contribution in [0.3, 0.4) is 0 Å². The molecule has 1 atom stereocenters. The lowest BCUT2D eigenvalue weighted by molar-refractivity contribution is -0.201. The quantitative estimate of drug-likeness (QED) is 0.798. The summed E-state index contributed by atoms with van der Waals surface area (Å²) in [4.78, 5) is 11.1. The number of carbonyl (C=O) groups is 1. The number of alkyl halides is 3. The van der Waals surface area contributed by atoms with Crippen molar-refractivity contribution in [3.05, 3.63) is 30.1 Å². The molecule has 1 unspecified atom stereocenters. The van der Waals surface area contributed by atoms with Gasteiger partial charge in [-0.15, -0.1) is 0 Å². The Labute approximate surface area is 106 Å². The molecule has 19 heavy (non-hydrogen) atoms. The summed E-state index contributed by atoms with van der Waals surface area (Å²) in [7, 11) is 0. The minimum Gasteiger partial charge on any atom is -0.484 e. The summed E-state index contributed by atoms with van der Waals surface area (Å²) in [5, 5.41) is 10.5. The fraction of sp³-hybridized carbons (Fsp3) is 0.364. The summed E-state index contributed by atoms with van der Waals surface area (Å²) in [6, 6.07) is 4.77. The molecule has 106 valence electrons. The standard InChI is InChI=1S/C11H11F4NO3/c12-7-1-3-8(4-2-7)19-6-10(18)16-5-9(17)11(13,14)15/h1-4,9,17H,5-6H2,(H,16,18). The van der Waals surface area contributed by atoms with Crippen LogP contribution in [0, 0.1) is 5.82 Å². The number of hydrogen-bond acceptors (Lipinski definition) is 3. The van der Waals surface area contributed by atoms with Crippen molar-refractivity contribution in [3.63, 3.8) is 0 Å². The number of benzene rings is 1. The van der Waals surface area contributed by atoms with Gasteiger partial charge >= 0.3 is 6.18 Å². The average Bonchev–Trinajstić information content (AvgIpc) is 2.34. The molecule has 1 aromatic carbocycles. The Hall–Kier alpha value is -1.83. The zero-order chi connectivity index (χ0) is 14.5. The summed E-state index contributed by atoms with van der Waals surface area (Å²) in [6.07, 6.45) is -7.41. The molecule has 0 aliphatic heterocycles. The van der Waals surface area contributed by atoms with Crippen molar-refractivity contribution in [1.29, 1.82) is 0 Å². The van der Waals surface area contributed by atoms with E-state index in [0.29, 0.717) is 0 Å². The first-order valence-electron chi connectivity index (χ1n) is 5.19. The third kappa shape index (κ3) is 5.56. The second kappa shape index (κ2) is 6.37. The van der Waals surface area contributed by atoms with Crippen LogP contribution >= 0.6 is 0 Å². The van der Waals surface area contributed by atoms with Crippen molar-refractivity contribution in [3.8, 4) is 5.75 Å². The van der Waals surface area contributed by atoms with Gasteiger partial charge in [-0.2, -0.15) is 13.2 Å². The fourth-order valence-electron chi connectivity index (χ4n) is 1.06. The van der Waals surface area contributed by atoms with E-state index in [1.54, 1.807) is 0 Å². The van der Waals surface area contributed by atoms with E-state index in [2.05, 4.69) is 0 Å². The summed E-state index contributed by atoms with van der Waals surface area (Å²) in [5.74, 6) is -1.11. The van der Waals surface area contributed by atoms with Crippen LogP contribution in [0.25, 0.3) is 0 Å². The molecule has 1 aromatic rings. The minimum atomic E-state index is -4.79. The van der Waals surface area contributed by atoms with E-state index >= 15 is 0 Å². The monoisotopic (exact) mass is 281 g/mol. The highest BCUT2D eigenvalue weighted by Gasteiger charge is 2.38. The Morgan fingerprint density at radius 3 is 2.42 bits per heavy atom. The number of aliphatic hydroxyl groups is 1. The van der Waals surface area contributed by atoms with Crippen molar-refractivity contribution in [2.75, 3.05) is 13.2 Å². The molecule has 8 heteroatoms. The molecule has 1 rings (SSSR count). The number of carbonyl (C=O) groups excluding carboxylic acids is 1. The van der Waals surface area contributed by atoms with Gasteiger partial charge in [-0.3, -0.25) is 4.79 Å². The number of ether oxygens (including phenoxy) is 1. The van der Waals surface area contributed by atoms with Crippen molar-refractivity contribution >= 4 is 5.91 Å². The largest absolute Gasteiger partial charge is 0.484 e. The van der Waals surface area contributed by atoms with Crippen molar-refractivity contribution < 1.29 is 32.2 Å². The number of halogens is 4. The van der Waals surface area contributed by atoms with E-state index in [1.165, 1.54) is 12.1 Å². The maximum absolute atomic E-state index is 12.5. The predicted molar refractivity (Wildman–Crippen MR) is 57.0 cm³/mol. The molecule has 0 heterocycles. The van der Waals surface area contributed by atoms with Gasteiger partial charge in [0.25, 0.3) is 5.91 Å². The first-order valence-corrected chi connectivity index (χ1v) is 5.19. The Balaban J connectivity index is 2.30. The number of nitrogens with one attached hydrogen (secondary N) is 1. The highest BCUT2D eigenvalue weighted by atomic mass is 19.4. The molecule has 0 spiro atoms. The van der Waals surface area contributed by atoms with Crippen LogP contribution in [0.15, 0.2) is 24.3 Å². The van der Waals surface area contributed by atoms with Gasteiger partial charge in [-0.25, -0.2) is 4.39 Å². The Morgan fingerprint density at radius 1 is 1.32 bits per heavy atom. The maximum atomic E-state index is 12.5. The zero-order valence-corrected chi connectivity index (χ0v) is 9.58. The summed E-state index contributed by atoms with van der Waals surface area (Å²) in [6.45, 7) is -1.48. The van der Waals surface area contributed by atoms with Gasteiger partial charge in [0, 0.05) is 0 Å². The lowest BCUT2D eigenvalue weighted by atomic mass is 10.3. The van der Waals surface area contributed by atoms with Gasteiger partial charge in [-0.1, -0.05) is 0 Å². The third-order valence-corrected chi connectivity index (χ3v) is 2.05. The van der Waals surface area contributed by atoms with Crippen LogP contribution in [0.5, 0.6) is 5.75 Å². The van der Waals surface area contributed by atoms with Crippen LogP contribution in [0.4, 0.5) is 17.6 Å². The molecule has 4 nitrogen and oxygen atoms in total. The highest BCUT2D eigenvalue weighted by Crippen LogP contribution is 2.19. The smallest absolute Gasteiger partial charge is 0.416 e. The zero-order valence-electron chi connectivity index (χ0n) is 9.58. The third-order valence-electron chi connectivity index (χ3n) is 2.05. The van der Waals surface area contributed by atoms with Crippen LogP contribution in [-0.4, -0.2) is 36.4 Å². The predicted octanol–water partition coefficient (Wildman–Crippen LogP) is 1.24. The highest BCUT2D eigenvalue weighted by molar-refractivity contribution is 5.77. The molecule has 0 fully saturated rings. The van der Waals surface area contributed by atoms with Crippen LogP contribution in [0.1, 0.15) is 0 Å². The first kappa shape index (κ1) is 15.2. The molecule has 0 aromatic heterocycles. The second-order valence-electron chi connectivity index (χ2n) is 3.60. The summed E-state index contributed by atoms with van der Waals surface area (Å²) >= 11 is 0. The Morgan fingerprint density at radius 2 is 1.89 bits per heavy atom. The fourth-order valence-corrected chi connectivity index (χ4v) is 1.06. The Bertz CT molecular complexity index is 419. The van der Waals surface area contributed by atoms with E-state index in [9.17, 15) is 22.4 Å². The van der Waals surface area contributed by atoms with E-state index in [-0.39, 0.29) is 5.75 Å². The first-order chi connectivity index (χ1) is 8.79. The van der Waals surface area contributed by atoms with Gasteiger partial charge in [-0.05, 0) is 24.3 Å². The van der Waals surface area contributed by atoms with Crippen molar-refractivity contribution in [2.24, 2.45) is 0 Å². The van der Waals surface area contributed by atoms with Gasteiger partial charge < -0.3 is 15.2 Å². The topological polar surface area (TPSA) is 58.6 Å². The average molecular weight is 281 g/mol.